The molecule has 0 saturated carbocycles. The van der Waals surface area contributed by atoms with Crippen LogP contribution >= 0.6 is 15.9 Å². The van der Waals surface area contributed by atoms with Crippen LogP contribution < -0.4 is 9.64 Å². The number of carbonyl (C=O) groups is 1. The molecular weight excluding hydrogens is 330 g/mol. The molecule has 0 radical (unpaired) electrons. The lowest BCUT2D eigenvalue weighted by molar-refractivity contribution is -0.118. The fourth-order valence-electron chi connectivity index (χ4n) is 2.50. The Kier molecular flexibility index (Phi) is 3.97. The summed E-state index contributed by atoms with van der Waals surface area (Å²) in [5.41, 5.74) is 1.87. The van der Waals surface area contributed by atoms with Crippen molar-refractivity contribution in [3.05, 3.63) is 58.6 Å². The van der Waals surface area contributed by atoms with Gasteiger partial charge in [0.2, 0.25) is 5.91 Å². The number of rotatable bonds is 2. The van der Waals surface area contributed by atoms with Crippen molar-refractivity contribution in [2.75, 3.05) is 11.4 Å². The van der Waals surface area contributed by atoms with Gasteiger partial charge in [0, 0.05) is 4.47 Å². The van der Waals surface area contributed by atoms with E-state index in [1.807, 2.05) is 60.4 Å². The minimum atomic E-state index is 0.00812. The zero-order valence-corrected chi connectivity index (χ0v) is 13.3. The van der Waals surface area contributed by atoms with Crippen LogP contribution in [0.2, 0.25) is 0 Å². The highest BCUT2D eigenvalue weighted by Gasteiger charge is 2.27. The van der Waals surface area contributed by atoms with E-state index in [1.54, 1.807) is 0 Å². The van der Waals surface area contributed by atoms with Crippen molar-refractivity contribution in [2.24, 2.45) is 0 Å². The Labute approximate surface area is 132 Å². The molecule has 1 unspecified atom stereocenters. The van der Waals surface area contributed by atoms with Gasteiger partial charge in [-0.2, -0.15) is 0 Å². The molecule has 3 nitrogen and oxygen atoms in total. The minimum Gasteiger partial charge on any atom is -0.487 e. The molecule has 1 amide bonds. The van der Waals surface area contributed by atoms with Crippen molar-refractivity contribution in [3.63, 3.8) is 0 Å². The molecule has 0 spiro atoms. The number of carbonyl (C=O) groups excluding carboxylic acids is 1. The first-order valence-corrected chi connectivity index (χ1v) is 7.73. The number of fused-ring (bicyclic) bond motifs is 1. The predicted molar refractivity (Wildman–Crippen MR) is 86.7 cm³/mol. The molecule has 0 fully saturated rings. The number of halogens is 1. The Balaban J connectivity index is 1.83. The highest BCUT2D eigenvalue weighted by atomic mass is 79.9. The van der Waals surface area contributed by atoms with Gasteiger partial charge in [-0.15, -0.1) is 0 Å². The maximum Gasteiger partial charge on any atom is 0.231 e. The van der Waals surface area contributed by atoms with E-state index in [0.29, 0.717) is 13.0 Å². The van der Waals surface area contributed by atoms with Crippen LogP contribution in [0.4, 0.5) is 5.69 Å². The number of ether oxygens (including phenoxy) is 1. The maximum absolute atomic E-state index is 12.6. The summed E-state index contributed by atoms with van der Waals surface area (Å²) >= 11 is 3.41. The summed E-state index contributed by atoms with van der Waals surface area (Å²) in [5.74, 6) is 0.875. The van der Waals surface area contributed by atoms with Crippen LogP contribution in [0.15, 0.2) is 53.0 Å². The van der Waals surface area contributed by atoms with Crippen LogP contribution in [-0.4, -0.2) is 18.6 Å². The molecule has 0 aromatic heterocycles. The lowest BCUT2D eigenvalue weighted by Crippen LogP contribution is -2.43. The third-order valence-electron chi connectivity index (χ3n) is 3.49. The molecule has 1 atom stereocenters. The van der Waals surface area contributed by atoms with Gasteiger partial charge in [0.1, 0.15) is 11.9 Å². The molecule has 0 N–H and O–H groups in total. The van der Waals surface area contributed by atoms with Crippen molar-refractivity contribution >= 4 is 27.5 Å². The van der Waals surface area contributed by atoms with Crippen molar-refractivity contribution in [1.82, 2.24) is 0 Å². The molecule has 1 aliphatic heterocycles. The fraction of sp³-hybridized carbons (Fsp3) is 0.235. The van der Waals surface area contributed by atoms with E-state index in [2.05, 4.69) is 15.9 Å². The quantitative estimate of drug-likeness (QED) is 0.828. The summed E-state index contributed by atoms with van der Waals surface area (Å²) in [7, 11) is 0. The molecule has 2 aromatic carbocycles. The van der Waals surface area contributed by atoms with Gasteiger partial charge in [-0.25, -0.2) is 0 Å². The van der Waals surface area contributed by atoms with Gasteiger partial charge in [-0.3, -0.25) is 4.79 Å². The van der Waals surface area contributed by atoms with Gasteiger partial charge in [-0.1, -0.05) is 40.2 Å². The van der Waals surface area contributed by atoms with Crippen molar-refractivity contribution in [3.8, 4) is 5.75 Å². The Morgan fingerprint density at radius 2 is 1.95 bits per heavy atom. The zero-order valence-electron chi connectivity index (χ0n) is 11.8. The van der Waals surface area contributed by atoms with E-state index < -0.39 is 0 Å². The maximum atomic E-state index is 12.6. The van der Waals surface area contributed by atoms with Crippen LogP contribution in [0.25, 0.3) is 0 Å². The minimum absolute atomic E-state index is 0.00812. The Morgan fingerprint density at radius 3 is 2.71 bits per heavy atom. The second-order valence-electron chi connectivity index (χ2n) is 5.20. The molecular formula is C17H16BrNO2. The molecule has 108 valence electrons. The van der Waals surface area contributed by atoms with Gasteiger partial charge < -0.3 is 9.64 Å². The van der Waals surface area contributed by atoms with Crippen LogP contribution in [0, 0.1) is 0 Å². The van der Waals surface area contributed by atoms with Crippen LogP contribution in [0.5, 0.6) is 5.75 Å². The van der Waals surface area contributed by atoms with Gasteiger partial charge in [-0.05, 0) is 36.8 Å². The van der Waals surface area contributed by atoms with Gasteiger partial charge in [0.05, 0.1) is 18.7 Å². The van der Waals surface area contributed by atoms with E-state index >= 15 is 0 Å². The number of hydrogen-bond acceptors (Lipinski definition) is 2. The lowest BCUT2D eigenvalue weighted by atomic mass is 10.1. The molecule has 0 aliphatic carbocycles. The second-order valence-corrected chi connectivity index (χ2v) is 6.12. The molecule has 2 aromatic rings. The van der Waals surface area contributed by atoms with Crippen LogP contribution in [0.1, 0.15) is 12.5 Å². The van der Waals surface area contributed by atoms with Crippen LogP contribution in [-0.2, 0) is 11.2 Å². The average molecular weight is 346 g/mol. The number of amides is 1. The topological polar surface area (TPSA) is 29.5 Å². The number of benzene rings is 2. The second kappa shape index (κ2) is 5.90. The summed E-state index contributed by atoms with van der Waals surface area (Å²) in [6, 6.07) is 15.5. The normalized spacial score (nSPS) is 17.0. The summed E-state index contributed by atoms with van der Waals surface area (Å²) in [5, 5.41) is 0. The molecule has 3 rings (SSSR count). The van der Waals surface area contributed by atoms with Crippen LogP contribution in [0.3, 0.4) is 0 Å². The average Bonchev–Trinajstić information content (AvgIpc) is 2.48. The highest BCUT2D eigenvalue weighted by molar-refractivity contribution is 9.10. The summed E-state index contributed by atoms with van der Waals surface area (Å²) in [6.07, 6.45) is 0.405. The van der Waals surface area contributed by atoms with E-state index in [9.17, 15) is 4.79 Å². The Bertz CT molecular complexity index is 654. The van der Waals surface area contributed by atoms with Gasteiger partial charge >= 0.3 is 0 Å². The summed E-state index contributed by atoms with van der Waals surface area (Å²) in [6.45, 7) is 2.57. The Hall–Kier alpha value is -1.81. The summed E-state index contributed by atoms with van der Waals surface area (Å²) in [4.78, 5) is 14.4. The Morgan fingerprint density at radius 1 is 1.24 bits per heavy atom. The highest BCUT2D eigenvalue weighted by Crippen LogP contribution is 2.33. The lowest BCUT2D eigenvalue weighted by Gasteiger charge is -2.33. The third kappa shape index (κ3) is 3.10. The molecule has 0 saturated heterocycles. The molecule has 21 heavy (non-hydrogen) atoms. The fourth-order valence-corrected chi connectivity index (χ4v) is 2.76. The predicted octanol–water partition coefficient (Wildman–Crippen LogP) is 3.81. The SMILES string of the molecule is CC1CN(C(=O)Cc2ccc(Br)cc2)c2ccccc2O1. The largest absolute Gasteiger partial charge is 0.487 e. The number of para-hydroxylation sites is 2. The van der Waals surface area contributed by atoms with Gasteiger partial charge in [0.15, 0.2) is 0 Å². The molecule has 1 aliphatic rings. The molecule has 1 heterocycles. The number of nitrogens with zero attached hydrogens (tertiary/aromatic N) is 1. The van der Waals surface area contributed by atoms with Gasteiger partial charge in [0.25, 0.3) is 0 Å². The first-order valence-electron chi connectivity index (χ1n) is 6.94. The number of hydrogen-bond donors (Lipinski definition) is 0. The van der Waals surface area contributed by atoms with E-state index in [1.165, 1.54) is 0 Å². The summed E-state index contributed by atoms with van der Waals surface area (Å²) < 4.78 is 6.80. The standard InChI is InChI=1S/C17H16BrNO2/c1-12-11-19(15-4-2-3-5-16(15)21-12)17(20)10-13-6-8-14(18)9-7-13/h2-9,12H,10-11H2,1H3. The zero-order chi connectivity index (χ0) is 14.8. The van der Waals surface area contributed by atoms with E-state index in [4.69, 9.17) is 4.74 Å². The van der Waals surface area contributed by atoms with E-state index in [-0.39, 0.29) is 12.0 Å². The molecule has 4 heteroatoms. The van der Waals surface area contributed by atoms with Crippen molar-refractivity contribution < 1.29 is 9.53 Å². The smallest absolute Gasteiger partial charge is 0.231 e. The monoisotopic (exact) mass is 345 g/mol. The van der Waals surface area contributed by atoms with Crippen molar-refractivity contribution in [1.29, 1.82) is 0 Å². The third-order valence-corrected chi connectivity index (χ3v) is 4.02. The number of anilines is 1. The van der Waals surface area contributed by atoms with Crippen molar-refractivity contribution in [2.45, 2.75) is 19.4 Å². The molecule has 0 bridgehead atoms. The van der Waals surface area contributed by atoms with E-state index in [0.717, 1.165) is 21.5 Å². The first kappa shape index (κ1) is 14.1. The first-order chi connectivity index (χ1) is 10.1.